The number of carbonyl (C=O) groups excluding carboxylic acids is 1. The van der Waals surface area contributed by atoms with E-state index in [4.69, 9.17) is 0 Å². The Morgan fingerprint density at radius 3 is 2.90 bits per heavy atom. The van der Waals surface area contributed by atoms with Gasteiger partial charge in [0, 0.05) is 19.8 Å². The number of anilines is 1. The number of carbonyl (C=O) groups is 1. The Morgan fingerprint density at radius 1 is 1.29 bits per heavy atom. The summed E-state index contributed by atoms with van der Waals surface area (Å²) in [6, 6.07) is 12.0. The molecule has 2 aromatic heterocycles. The van der Waals surface area contributed by atoms with E-state index in [-0.39, 0.29) is 5.82 Å². The van der Waals surface area contributed by atoms with Crippen molar-refractivity contribution in [2.75, 3.05) is 11.9 Å². The van der Waals surface area contributed by atoms with Crippen molar-refractivity contribution in [3.8, 4) is 0 Å². The van der Waals surface area contributed by atoms with E-state index >= 15 is 0 Å². The molecule has 0 saturated heterocycles. The fourth-order valence-corrected chi connectivity index (χ4v) is 2.38. The number of fused-ring (bicyclic) bond motifs is 1. The lowest BCUT2D eigenvalue weighted by atomic mass is 10.2. The molecule has 21 heavy (non-hydrogen) atoms. The van der Waals surface area contributed by atoms with Crippen molar-refractivity contribution >= 4 is 17.8 Å². The van der Waals surface area contributed by atoms with Gasteiger partial charge in [-0.25, -0.2) is 9.37 Å². The zero-order chi connectivity index (χ0) is 14.8. The molecule has 0 aliphatic rings. The molecule has 0 unspecified atom stereocenters. The SMILES string of the molecule is CN(Cc1cccc(F)c1)c1nc2ccccn2c1C=O. The van der Waals surface area contributed by atoms with Crippen LogP contribution in [-0.4, -0.2) is 22.7 Å². The molecule has 0 atom stereocenters. The largest absolute Gasteiger partial charge is 0.353 e. The predicted molar refractivity (Wildman–Crippen MR) is 79.1 cm³/mol. The van der Waals surface area contributed by atoms with Gasteiger partial charge in [0.05, 0.1) is 0 Å². The average Bonchev–Trinajstić information content (AvgIpc) is 2.86. The van der Waals surface area contributed by atoms with E-state index < -0.39 is 0 Å². The zero-order valence-electron chi connectivity index (χ0n) is 11.5. The summed E-state index contributed by atoms with van der Waals surface area (Å²) in [6.07, 6.45) is 2.59. The molecule has 0 bridgehead atoms. The molecule has 0 saturated carbocycles. The second-order valence-electron chi connectivity index (χ2n) is 4.85. The Labute approximate surface area is 121 Å². The molecular weight excluding hydrogens is 269 g/mol. The molecule has 0 radical (unpaired) electrons. The van der Waals surface area contributed by atoms with Gasteiger partial charge in [-0.3, -0.25) is 9.20 Å². The fourth-order valence-electron chi connectivity index (χ4n) is 2.38. The summed E-state index contributed by atoms with van der Waals surface area (Å²) >= 11 is 0. The molecule has 106 valence electrons. The summed E-state index contributed by atoms with van der Waals surface area (Å²) in [5, 5.41) is 0. The van der Waals surface area contributed by atoms with Crippen molar-refractivity contribution in [2.24, 2.45) is 0 Å². The molecule has 5 heteroatoms. The second-order valence-corrected chi connectivity index (χ2v) is 4.85. The summed E-state index contributed by atoms with van der Waals surface area (Å²) < 4.78 is 15.0. The van der Waals surface area contributed by atoms with Gasteiger partial charge in [-0.1, -0.05) is 18.2 Å². The summed E-state index contributed by atoms with van der Waals surface area (Å²) in [6.45, 7) is 0.475. The third kappa shape index (κ3) is 2.50. The second kappa shape index (κ2) is 5.36. The van der Waals surface area contributed by atoms with Crippen LogP contribution in [0.25, 0.3) is 5.65 Å². The number of aromatic nitrogens is 2. The highest BCUT2D eigenvalue weighted by molar-refractivity contribution is 5.83. The molecule has 0 N–H and O–H groups in total. The summed E-state index contributed by atoms with van der Waals surface area (Å²) in [7, 11) is 1.83. The first-order valence-corrected chi connectivity index (χ1v) is 6.57. The van der Waals surface area contributed by atoms with E-state index in [1.165, 1.54) is 12.1 Å². The molecule has 1 aromatic carbocycles. The summed E-state index contributed by atoms with van der Waals surface area (Å²) in [4.78, 5) is 17.7. The lowest BCUT2D eigenvalue weighted by Crippen LogP contribution is -2.18. The number of hydrogen-bond donors (Lipinski definition) is 0. The van der Waals surface area contributed by atoms with Crippen molar-refractivity contribution in [2.45, 2.75) is 6.54 Å². The van der Waals surface area contributed by atoms with Crippen molar-refractivity contribution in [1.82, 2.24) is 9.38 Å². The van der Waals surface area contributed by atoms with Crippen molar-refractivity contribution in [3.63, 3.8) is 0 Å². The minimum absolute atomic E-state index is 0.272. The van der Waals surface area contributed by atoms with E-state index in [1.807, 2.05) is 36.2 Å². The average molecular weight is 283 g/mol. The number of hydrogen-bond acceptors (Lipinski definition) is 3. The van der Waals surface area contributed by atoms with E-state index in [1.54, 1.807) is 16.7 Å². The van der Waals surface area contributed by atoms with Gasteiger partial charge in [-0.05, 0) is 29.8 Å². The highest BCUT2D eigenvalue weighted by atomic mass is 19.1. The van der Waals surface area contributed by atoms with Gasteiger partial charge in [-0.15, -0.1) is 0 Å². The standard InChI is InChI=1S/C16H14FN3O/c1-19(10-12-5-4-6-13(17)9-12)16-14(11-21)20-8-3-2-7-15(20)18-16/h2-9,11H,10H2,1H3. The highest BCUT2D eigenvalue weighted by Crippen LogP contribution is 2.21. The maximum Gasteiger partial charge on any atom is 0.170 e. The van der Waals surface area contributed by atoms with Gasteiger partial charge in [-0.2, -0.15) is 0 Å². The van der Waals surface area contributed by atoms with Crippen LogP contribution < -0.4 is 4.90 Å². The summed E-state index contributed by atoms with van der Waals surface area (Å²) in [5.74, 6) is 0.312. The molecule has 0 spiro atoms. The number of pyridine rings is 1. The van der Waals surface area contributed by atoms with Crippen LogP contribution in [0.5, 0.6) is 0 Å². The van der Waals surface area contributed by atoms with Crippen LogP contribution in [-0.2, 0) is 6.54 Å². The number of halogens is 1. The Kier molecular flexibility index (Phi) is 3.39. The zero-order valence-corrected chi connectivity index (χ0v) is 11.5. The molecule has 0 aliphatic carbocycles. The maximum absolute atomic E-state index is 13.2. The first kappa shape index (κ1) is 13.3. The Balaban J connectivity index is 1.97. The molecular formula is C16H14FN3O. The number of benzene rings is 1. The molecule has 0 amide bonds. The minimum Gasteiger partial charge on any atom is -0.353 e. The molecule has 2 heterocycles. The van der Waals surface area contributed by atoms with Gasteiger partial charge in [0.2, 0.25) is 0 Å². The Bertz CT molecular complexity index is 797. The molecule has 0 fully saturated rings. The van der Waals surface area contributed by atoms with Crippen LogP contribution in [0.15, 0.2) is 48.7 Å². The normalized spacial score (nSPS) is 10.8. The molecule has 3 aromatic rings. The topological polar surface area (TPSA) is 37.6 Å². The smallest absolute Gasteiger partial charge is 0.170 e. The van der Waals surface area contributed by atoms with E-state index in [2.05, 4.69) is 4.98 Å². The lowest BCUT2D eigenvalue weighted by Gasteiger charge is -2.17. The number of aldehydes is 1. The minimum atomic E-state index is -0.272. The highest BCUT2D eigenvalue weighted by Gasteiger charge is 2.15. The third-order valence-electron chi connectivity index (χ3n) is 3.33. The van der Waals surface area contributed by atoms with Crippen LogP contribution in [0.4, 0.5) is 10.2 Å². The summed E-state index contributed by atoms with van der Waals surface area (Å²) in [5.41, 5.74) is 2.02. The maximum atomic E-state index is 13.2. The first-order chi connectivity index (χ1) is 10.2. The molecule has 3 rings (SSSR count). The monoisotopic (exact) mass is 283 g/mol. The predicted octanol–water partition coefficient (Wildman–Crippen LogP) is 2.92. The van der Waals surface area contributed by atoms with E-state index in [9.17, 15) is 9.18 Å². The number of imidazole rings is 1. The van der Waals surface area contributed by atoms with Crippen LogP contribution in [0.3, 0.4) is 0 Å². The van der Waals surface area contributed by atoms with Gasteiger partial charge in [0.15, 0.2) is 12.1 Å². The van der Waals surface area contributed by atoms with Crippen LogP contribution in [0.1, 0.15) is 16.1 Å². The van der Waals surface area contributed by atoms with Gasteiger partial charge >= 0.3 is 0 Å². The Hall–Kier alpha value is -2.69. The van der Waals surface area contributed by atoms with Gasteiger partial charge in [0.1, 0.15) is 17.2 Å². The third-order valence-corrected chi connectivity index (χ3v) is 3.33. The first-order valence-electron chi connectivity index (χ1n) is 6.57. The number of nitrogens with zero attached hydrogens (tertiary/aromatic N) is 3. The van der Waals surface area contributed by atoms with Crippen molar-refractivity contribution in [3.05, 3.63) is 65.7 Å². The Morgan fingerprint density at radius 2 is 2.14 bits per heavy atom. The van der Waals surface area contributed by atoms with Gasteiger partial charge < -0.3 is 4.90 Å². The van der Waals surface area contributed by atoms with E-state index in [0.29, 0.717) is 23.7 Å². The fraction of sp³-hybridized carbons (Fsp3) is 0.125. The number of rotatable bonds is 4. The van der Waals surface area contributed by atoms with Crippen molar-refractivity contribution in [1.29, 1.82) is 0 Å². The molecule has 0 aliphatic heterocycles. The van der Waals surface area contributed by atoms with E-state index in [0.717, 1.165) is 11.8 Å². The van der Waals surface area contributed by atoms with Crippen LogP contribution in [0.2, 0.25) is 0 Å². The van der Waals surface area contributed by atoms with Gasteiger partial charge in [0.25, 0.3) is 0 Å². The van der Waals surface area contributed by atoms with Crippen LogP contribution >= 0.6 is 0 Å². The van der Waals surface area contributed by atoms with Crippen LogP contribution in [0, 0.1) is 5.82 Å². The lowest BCUT2D eigenvalue weighted by molar-refractivity contribution is 0.111. The molecule has 4 nitrogen and oxygen atoms in total. The quantitative estimate of drug-likeness (QED) is 0.691. The van der Waals surface area contributed by atoms with Crippen molar-refractivity contribution < 1.29 is 9.18 Å².